The van der Waals surface area contributed by atoms with Crippen LogP contribution in [-0.2, 0) is 4.79 Å². The van der Waals surface area contributed by atoms with Crippen LogP contribution in [-0.4, -0.2) is 34.9 Å². The molecule has 0 aromatic heterocycles. The zero-order valence-corrected chi connectivity index (χ0v) is 45.2. The summed E-state index contributed by atoms with van der Waals surface area (Å²) in [6.07, 6.45) is 78.1. The standard InChI is InChI=1S/C62H121NO3/c1-3-5-7-9-11-13-15-17-19-20-21-22-23-24-25-26-27-28-29-30-31-32-33-34-35-36-37-38-39-40-41-42-44-46-48-50-52-54-56-58-62(66)63-60(59-64)61(65)57-55-53-51-49-47-45-43-18-16-14-12-10-8-6-4-2/h30-31,55,57,60-61,64-65H,3-29,32-54,56,58-59H2,1-2H3,(H,63,66)/b31-30-,57-55+. The van der Waals surface area contributed by atoms with Gasteiger partial charge in [0.25, 0.3) is 0 Å². The summed E-state index contributed by atoms with van der Waals surface area (Å²) < 4.78 is 0. The lowest BCUT2D eigenvalue weighted by Crippen LogP contribution is -2.45. The maximum Gasteiger partial charge on any atom is 0.220 e. The zero-order chi connectivity index (χ0) is 47.7. The Labute approximate surface area is 415 Å². The number of amides is 1. The maximum atomic E-state index is 12.5. The van der Waals surface area contributed by atoms with E-state index in [0.29, 0.717) is 6.42 Å². The Hall–Kier alpha value is -1.13. The lowest BCUT2D eigenvalue weighted by atomic mass is 10.0. The molecule has 4 heteroatoms. The van der Waals surface area contributed by atoms with Crippen molar-refractivity contribution < 1.29 is 15.0 Å². The molecule has 1 amide bonds. The van der Waals surface area contributed by atoms with E-state index in [9.17, 15) is 15.0 Å². The number of allylic oxidation sites excluding steroid dienone is 3. The second-order valence-corrected chi connectivity index (χ2v) is 21.1. The summed E-state index contributed by atoms with van der Waals surface area (Å²) in [6, 6.07) is -0.619. The van der Waals surface area contributed by atoms with E-state index in [1.165, 1.54) is 302 Å². The molecule has 392 valence electrons. The molecule has 0 heterocycles. The fourth-order valence-electron chi connectivity index (χ4n) is 9.77. The van der Waals surface area contributed by atoms with Gasteiger partial charge in [-0.3, -0.25) is 4.79 Å². The van der Waals surface area contributed by atoms with Crippen molar-refractivity contribution in [1.29, 1.82) is 0 Å². The number of nitrogens with one attached hydrogen (secondary N) is 1. The first-order valence-corrected chi connectivity index (χ1v) is 30.6. The first-order valence-electron chi connectivity index (χ1n) is 30.6. The Bertz CT molecular complexity index is 963. The molecule has 0 rings (SSSR count). The molecule has 0 aliphatic carbocycles. The molecular formula is C62H121NO3. The number of rotatable bonds is 57. The summed E-state index contributed by atoms with van der Waals surface area (Å²) in [5.74, 6) is -0.0581. The second kappa shape index (κ2) is 58.2. The third-order valence-electron chi connectivity index (χ3n) is 14.4. The lowest BCUT2D eigenvalue weighted by Gasteiger charge is -2.20. The van der Waals surface area contributed by atoms with Crippen molar-refractivity contribution in [2.75, 3.05) is 6.61 Å². The number of aliphatic hydroxyl groups is 2. The van der Waals surface area contributed by atoms with Gasteiger partial charge in [-0.2, -0.15) is 0 Å². The van der Waals surface area contributed by atoms with Crippen LogP contribution in [0.4, 0.5) is 0 Å². The van der Waals surface area contributed by atoms with Gasteiger partial charge in [0.15, 0.2) is 0 Å². The molecule has 0 saturated heterocycles. The normalized spacial score (nSPS) is 12.8. The molecule has 4 nitrogen and oxygen atoms in total. The highest BCUT2D eigenvalue weighted by Crippen LogP contribution is 2.18. The number of unbranched alkanes of at least 4 members (excludes halogenated alkanes) is 48. The minimum absolute atomic E-state index is 0.0581. The van der Waals surface area contributed by atoms with E-state index in [1.807, 2.05) is 6.08 Å². The number of aliphatic hydroxyl groups excluding tert-OH is 2. The molecule has 66 heavy (non-hydrogen) atoms. The van der Waals surface area contributed by atoms with Crippen LogP contribution in [0.5, 0.6) is 0 Å². The summed E-state index contributed by atoms with van der Waals surface area (Å²) in [5, 5.41) is 23.1. The van der Waals surface area contributed by atoms with Gasteiger partial charge in [0.2, 0.25) is 5.91 Å². The van der Waals surface area contributed by atoms with Crippen LogP contribution in [0.2, 0.25) is 0 Å². The van der Waals surface area contributed by atoms with Gasteiger partial charge in [0.1, 0.15) is 0 Å². The minimum Gasteiger partial charge on any atom is -0.394 e. The van der Waals surface area contributed by atoms with Gasteiger partial charge >= 0.3 is 0 Å². The van der Waals surface area contributed by atoms with Crippen molar-refractivity contribution in [3.8, 4) is 0 Å². The Morgan fingerprint density at radius 3 is 0.833 bits per heavy atom. The molecule has 2 atom stereocenters. The largest absolute Gasteiger partial charge is 0.394 e. The van der Waals surface area contributed by atoms with Gasteiger partial charge in [0.05, 0.1) is 18.8 Å². The maximum absolute atomic E-state index is 12.5. The third kappa shape index (κ3) is 53.8. The van der Waals surface area contributed by atoms with E-state index < -0.39 is 12.1 Å². The van der Waals surface area contributed by atoms with E-state index >= 15 is 0 Å². The van der Waals surface area contributed by atoms with Gasteiger partial charge in [0, 0.05) is 6.42 Å². The molecule has 0 aliphatic heterocycles. The van der Waals surface area contributed by atoms with Crippen LogP contribution in [0.25, 0.3) is 0 Å². The quantitative estimate of drug-likeness (QED) is 0.0420. The Balaban J connectivity index is 3.38. The van der Waals surface area contributed by atoms with Gasteiger partial charge in [-0.15, -0.1) is 0 Å². The molecule has 0 aromatic carbocycles. The number of hydrogen-bond donors (Lipinski definition) is 3. The van der Waals surface area contributed by atoms with Crippen LogP contribution < -0.4 is 5.32 Å². The van der Waals surface area contributed by atoms with Crippen molar-refractivity contribution in [2.24, 2.45) is 0 Å². The smallest absolute Gasteiger partial charge is 0.220 e. The summed E-state index contributed by atoms with van der Waals surface area (Å²) >= 11 is 0. The molecule has 0 aliphatic rings. The van der Waals surface area contributed by atoms with Crippen molar-refractivity contribution in [3.63, 3.8) is 0 Å². The molecule has 0 spiro atoms. The summed E-state index contributed by atoms with van der Waals surface area (Å²) in [5.41, 5.74) is 0. The number of carbonyl (C=O) groups is 1. The van der Waals surface area contributed by atoms with E-state index in [1.54, 1.807) is 6.08 Å². The lowest BCUT2D eigenvalue weighted by molar-refractivity contribution is -0.123. The second-order valence-electron chi connectivity index (χ2n) is 21.1. The van der Waals surface area contributed by atoms with Gasteiger partial charge in [-0.05, 0) is 44.9 Å². The van der Waals surface area contributed by atoms with Gasteiger partial charge < -0.3 is 15.5 Å². The van der Waals surface area contributed by atoms with Gasteiger partial charge in [-0.1, -0.05) is 321 Å². The minimum atomic E-state index is -0.836. The van der Waals surface area contributed by atoms with Crippen molar-refractivity contribution in [3.05, 3.63) is 24.3 Å². The highest BCUT2D eigenvalue weighted by molar-refractivity contribution is 5.76. The number of carbonyl (C=O) groups excluding carboxylic acids is 1. The molecule has 0 aromatic rings. The van der Waals surface area contributed by atoms with E-state index in [0.717, 1.165) is 25.7 Å². The van der Waals surface area contributed by atoms with E-state index in [-0.39, 0.29) is 12.5 Å². The van der Waals surface area contributed by atoms with Crippen molar-refractivity contribution in [2.45, 2.75) is 360 Å². The predicted molar refractivity (Wildman–Crippen MR) is 295 cm³/mol. The fourth-order valence-corrected chi connectivity index (χ4v) is 9.77. The van der Waals surface area contributed by atoms with Crippen LogP contribution in [0.1, 0.15) is 348 Å². The highest BCUT2D eigenvalue weighted by Gasteiger charge is 2.18. The average Bonchev–Trinajstić information content (AvgIpc) is 3.32. The molecular weight excluding hydrogens is 807 g/mol. The average molecular weight is 929 g/mol. The molecule has 3 N–H and O–H groups in total. The summed E-state index contributed by atoms with van der Waals surface area (Å²) in [7, 11) is 0. The van der Waals surface area contributed by atoms with E-state index in [2.05, 4.69) is 31.3 Å². The van der Waals surface area contributed by atoms with E-state index in [4.69, 9.17) is 0 Å². The monoisotopic (exact) mass is 928 g/mol. The van der Waals surface area contributed by atoms with Gasteiger partial charge in [-0.25, -0.2) is 0 Å². The Morgan fingerprint density at radius 1 is 0.348 bits per heavy atom. The predicted octanol–water partition coefficient (Wildman–Crippen LogP) is 20.3. The summed E-state index contributed by atoms with van der Waals surface area (Å²) in [6.45, 7) is 4.34. The molecule has 0 fully saturated rings. The Kier molecular flexibility index (Phi) is 57.2. The molecule has 0 radical (unpaired) electrons. The summed E-state index contributed by atoms with van der Waals surface area (Å²) in [4.78, 5) is 12.5. The third-order valence-corrected chi connectivity index (χ3v) is 14.4. The zero-order valence-electron chi connectivity index (χ0n) is 45.2. The molecule has 0 bridgehead atoms. The molecule has 0 saturated carbocycles. The fraction of sp³-hybridized carbons (Fsp3) is 0.919. The van der Waals surface area contributed by atoms with Crippen LogP contribution >= 0.6 is 0 Å². The van der Waals surface area contributed by atoms with Crippen LogP contribution in [0.3, 0.4) is 0 Å². The van der Waals surface area contributed by atoms with Crippen LogP contribution in [0, 0.1) is 0 Å². The highest BCUT2D eigenvalue weighted by atomic mass is 16.3. The Morgan fingerprint density at radius 2 is 0.576 bits per heavy atom. The van der Waals surface area contributed by atoms with Crippen molar-refractivity contribution >= 4 is 5.91 Å². The van der Waals surface area contributed by atoms with Crippen LogP contribution in [0.15, 0.2) is 24.3 Å². The SMILES string of the molecule is CCCCCCCCCCCCCCC/C=C/C(O)C(CO)NC(=O)CCCCCCCCCCCCCCCCCCC/C=C\CCCCCCCCCCCCCCCCCCCC. The number of hydrogen-bond acceptors (Lipinski definition) is 3. The first-order chi connectivity index (χ1) is 32.7. The van der Waals surface area contributed by atoms with Crippen molar-refractivity contribution in [1.82, 2.24) is 5.32 Å². The first kappa shape index (κ1) is 64.9. The topological polar surface area (TPSA) is 69.6 Å². The molecule has 2 unspecified atom stereocenters.